The molecule has 0 bridgehead atoms. The largest absolute Gasteiger partial charge is 0.399 e. The summed E-state index contributed by atoms with van der Waals surface area (Å²) in [6.07, 6.45) is 8.03. The second kappa shape index (κ2) is 5.72. The van der Waals surface area contributed by atoms with Crippen molar-refractivity contribution in [1.29, 1.82) is 0 Å². The second-order valence-electron chi connectivity index (χ2n) is 5.84. The van der Waals surface area contributed by atoms with Gasteiger partial charge in [-0.1, -0.05) is 0 Å². The van der Waals surface area contributed by atoms with E-state index in [9.17, 15) is 0 Å². The molecule has 0 unspecified atom stereocenters. The third-order valence-electron chi connectivity index (χ3n) is 4.39. The minimum atomic E-state index is 0.890. The molecule has 2 fully saturated rings. The Labute approximate surface area is 116 Å². The lowest BCUT2D eigenvalue weighted by atomic mass is 10.1. The maximum Gasteiger partial charge on any atom is 0.0624 e. The second-order valence-corrected chi connectivity index (χ2v) is 5.84. The molecule has 0 atom stereocenters. The molecule has 0 radical (unpaired) electrons. The molecule has 2 aliphatic rings. The van der Waals surface area contributed by atoms with Crippen molar-refractivity contribution >= 4 is 17.1 Å². The first-order chi connectivity index (χ1) is 9.34. The summed E-state index contributed by atoms with van der Waals surface area (Å²) in [6.45, 7) is 4.77. The molecule has 0 amide bonds. The lowest BCUT2D eigenvalue weighted by Gasteiger charge is -2.36. The van der Waals surface area contributed by atoms with Gasteiger partial charge in [0.15, 0.2) is 0 Å². The van der Waals surface area contributed by atoms with Crippen LogP contribution in [0.15, 0.2) is 18.2 Å². The molecule has 2 heterocycles. The predicted octanol–water partition coefficient (Wildman–Crippen LogP) is 3.25. The fraction of sp³-hybridized carbons (Fsp3) is 0.625. The molecule has 3 rings (SSSR count). The zero-order valence-corrected chi connectivity index (χ0v) is 11.8. The molecular formula is C16H25N3. The number of nitrogens with zero attached hydrogens (tertiary/aromatic N) is 2. The van der Waals surface area contributed by atoms with Crippen LogP contribution in [0.2, 0.25) is 0 Å². The Morgan fingerprint density at radius 2 is 1.21 bits per heavy atom. The normalized spacial score (nSPS) is 20.6. The van der Waals surface area contributed by atoms with Crippen molar-refractivity contribution in [3.8, 4) is 0 Å². The summed E-state index contributed by atoms with van der Waals surface area (Å²) in [7, 11) is 0. The van der Waals surface area contributed by atoms with Crippen LogP contribution in [0.4, 0.5) is 17.1 Å². The van der Waals surface area contributed by atoms with Gasteiger partial charge in [-0.05, 0) is 56.7 Å². The first kappa shape index (κ1) is 12.6. The molecule has 0 aliphatic carbocycles. The monoisotopic (exact) mass is 259 g/mol. The van der Waals surface area contributed by atoms with Crippen molar-refractivity contribution in [2.75, 3.05) is 41.7 Å². The van der Waals surface area contributed by atoms with E-state index >= 15 is 0 Å². The van der Waals surface area contributed by atoms with Gasteiger partial charge in [0.2, 0.25) is 0 Å². The van der Waals surface area contributed by atoms with E-state index in [0.717, 1.165) is 5.69 Å². The Hall–Kier alpha value is -1.38. The predicted molar refractivity (Wildman–Crippen MR) is 83.0 cm³/mol. The van der Waals surface area contributed by atoms with E-state index in [1.165, 1.54) is 76.1 Å². The summed E-state index contributed by atoms with van der Waals surface area (Å²) < 4.78 is 0. The number of hydrogen-bond acceptors (Lipinski definition) is 3. The van der Waals surface area contributed by atoms with Crippen molar-refractivity contribution in [2.24, 2.45) is 0 Å². The Morgan fingerprint density at radius 1 is 0.684 bits per heavy atom. The molecule has 0 spiro atoms. The molecule has 1 aromatic rings. The molecule has 1 aromatic carbocycles. The number of rotatable bonds is 2. The lowest BCUT2D eigenvalue weighted by Crippen LogP contribution is -2.34. The van der Waals surface area contributed by atoms with E-state index < -0.39 is 0 Å². The molecule has 0 saturated carbocycles. The average Bonchev–Trinajstić information content (AvgIpc) is 2.49. The van der Waals surface area contributed by atoms with Crippen LogP contribution < -0.4 is 15.5 Å². The highest BCUT2D eigenvalue weighted by Crippen LogP contribution is 2.34. The number of hydrogen-bond donors (Lipinski definition) is 1. The Bertz CT molecular complexity index is 418. The standard InChI is InChI=1S/C16H25N3/c17-14-7-8-15(18-9-3-1-4-10-18)16(13-14)19-11-5-2-6-12-19/h7-8,13H,1-6,9-12,17H2. The number of nitrogens with two attached hydrogens (primary N) is 1. The van der Waals surface area contributed by atoms with E-state index in [-0.39, 0.29) is 0 Å². The zero-order chi connectivity index (χ0) is 13.1. The van der Waals surface area contributed by atoms with Gasteiger partial charge in [-0.25, -0.2) is 0 Å². The molecule has 2 saturated heterocycles. The van der Waals surface area contributed by atoms with Crippen LogP contribution in [0.25, 0.3) is 0 Å². The lowest BCUT2D eigenvalue weighted by molar-refractivity contribution is 0.565. The minimum Gasteiger partial charge on any atom is -0.399 e. The molecule has 2 aliphatic heterocycles. The van der Waals surface area contributed by atoms with Gasteiger partial charge < -0.3 is 15.5 Å². The van der Waals surface area contributed by atoms with Gasteiger partial charge in [0.25, 0.3) is 0 Å². The highest BCUT2D eigenvalue weighted by Gasteiger charge is 2.19. The van der Waals surface area contributed by atoms with Crippen LogP contribution >= 0.6 is 0 Å². The third kappa shape index (κ3) is 2.80. The highest BCUT2D eigenvalue weighted by molar-refractivity contribution is 5.75. The van der Waals surface area contributed by atoms with E-state index in [0.29, 0.717) is 0 Å². The molecule has 3 heteroatoms. The van der Waals surface area contributed by atoms with E-state index in [1.807, 2.05) is 0 Å². The Kier molecular flexibility index (Phi) is 3.81. The van der Waals surface area contributed by atoms with E-state index in [4.69, 9.17) is 5.73 Å². The molecule has 0 aromatic heterocycles. The van der Waals surface area contributed by atoms with Crippen molar-refractivity contribution in [3.63, 3.8) is 0 Å². The van der Waals surface area contributed by atoms with Gasteiger partial charge >= 0.3 is 0 Å². The SMILES string of the molecule is Nc1ccc(N2CCCCC2)c(N2CCCCC2)c1. The van der Waals surface area contributed by atoms with Crippen LogP contribution in [0.3, 0.4) is 0 Å². The third-order valence-corrected chi connectivity index (χ3v) is 4.39. The maximum atomic E-state index is 6.02. The van der Waals surface area contributed by atoms with E-state index in [1.54, 1.807) is 0 Å². The van der Waals surface area contributed by atoms with Gasteiger partial charge in [-0.2, -0.15) is 0 Å². The van der Waals surface area contributed by atoms with Gasteiger partial charge in [0.1, 0.15) is 0 Å². The molecule has 2 N–H and O–H groups in total. The van der Waals surface area contributed by atoms with Gasteiger partial charge in [-0.3, -0.25) is 0 Å². The van der Waals surface area contributed by atoms with Gasteiger partial charge in [0.05, 0.1) is 11.4 Å². The van der Waals surface area contributed by atoms with Crippen LogP contribution in [0, 0.1) is 0 Å². The zero-order valence-electron chi connectivity index (χ0n) is 11.8. The number of piperidine rings is 2. The summed E-state index contributed by atoms with van der Waals surface area (Å²) in [4.78, 5) is 5.08. The summed E-state index contributed by atoms with van der Waals surface area (Å²) in [5.74, 6) is 0. The fourth-order valence-corrected chi connectivity index (χ4v) is 3.33. The number of benzene rings is 1. The van der Waals surface area contributed by atoms with E-state index in [2.05, 4.69) is 28.0 Å². The fourth-order valence-electron chi connectivity index (χ4n) is 3.33. The molecule has 104 valence electrons. The molecule has 19 heavy (non-hydrogen) atoms. The van der Waals surface area contributed by atoms with Crippen LogP contribution in [0.1, 0.15) is 38.5 Å². The van der Waals surface area contributed by atoms with Crippen LogP contribution in [-0.4, -0.2) is 26.2 Å². The Morgan fingerprint density at radius 3 is 1.79 bits per heavy atom. The van der Waals surface area contributed by atoms with Crippen LogP contribution in [0.5, 0.6) is 0 Å². The first-order valence-corrected chi connectivity index (χ1v) is 7.74. The first-order valence-electron chi connectivity index (χ1n) is 7.74. The average molecular weight is 259 g/mol. The van der Waals surface area contributed by atoms with Gasteiger partial charge in [-0.15, -0.1) is 0 Å². The summed E-state index contributed by atoms with van der Waals surface area (Å²) in [5.41, 5.74) is 9.67. The summed E-state index contributed by atoms with van der Waals surface area (Å²) in [5, 5.41) is 0. The van der Waals surface area contributed by atoms with Crippen molar-refractivity contribution in [3.05, 3.63) is 18.2 Å². The molecule has 3 nitrogen and oxygen atoms in total. The van der Waals surface area contributed by atoms with Crippen molar-refractivity contribution < 1.29 is 0 Å². The molecular weight excluding hydrogens is 234 g/mol. The Balaban J connectivity index is 1.88. The topological polar surface area (TPSA) is 32.5 Å². The quantitative estimate of drug-likeness (QED) is 0.828. The minimum absolute atomic E-state index is 0.890. The van der Waals surface area contributed by atoms with Crippen molar-refractivity contribution in [2.45, 2.75) is 38.5 Å². The smallest absolute Gasteiger partial charge is 0.0624 e. The van der Waals surface area contributed by atoms with Gasteiger partial charge in [0, 0.05) is 31.9 Å². The summed E-state index contributed by atoms with van der Waals surface area (Å²) in [6, 6.07) is 6.46. The van der Waals surface area contributed by atoms with Crippen LogP contribution in [-0.2, 0) is 0 Å². The maximum absolute atomic E-state index is 6.02. The summed E-state index contributed by atoms with van der Waals surface area (Å²) >= 11 is 0. The number of nitrogen functional groups attached to an aromatic ring is 1. The number of anilines is 3. The van der Waals surface area contributed by atoms with Crippen molar-refractivity contribution in [1.82, 2.24) is 0 Å². The highest BCUT2D eigenvalue weighted by atomic mass is 15.2.